The molecule has 0 saturated heterocycles. The molecule has 0 fully saturated rings. The van der Waals surface area contributed by atoms with Crippen molar-refractivity contribution in [1.29, 1.82) is 0 Å². The lowest BCUT2D eigenvalue weighted by Crippen LogP contribution is -2.52. The molecule has 0 aliphatic carbocycles. The lowest BCUT2D eigenvalue weighted by Gasteiger charge is -2.19. The molecule has 0 aliphatic rings. The van der Waals surface area contributed by atoms with Gasteiger partial charge in [-0.05, 0) is 32.4 Å². The standard InChI is InChI=1S/C18H22N4O3/c1-10-9-14(18(25)21-15(16(19)23)17(20)24)12(3)22(10)11(2)13-7-5-4-6-8-13/h4-9,11,15H,1-3H3,(H2,19,23)(H2,20,24)(H,21,25)/t11-/m1/s1. The fraction of sp³-hybridized carbons (Fsp3) is 0.278. The van der Waals surface area contributed by atoms with Crippen molar-refractivity contribution in [2.24, 2.45) is 11.5 Å². The molecule has 0 aliphatic heterocycles. The van der Waals surface area contributed by atoms with Crippen LogP contribution in [0.15, 0.2) is 36.4 Å². The van der Waals surface area contributed by atoms with Crippen LogP contribution < -0.4 is 16.8 Å². The number of nitrogens with two attached hydrogens (primary N) is 2. The van der Waals surface area contributed by atoms with Crippen molar-refractivity contribution in [2.45, 2.75) is 32.9 Å². The van der Waals surface area contributed by atoms with Crippen molar-refractivity contribution in [3.63, 3.8) is 0 Å². The number of carbonyl (C=O) groups excluding carboxylic acids is 3. The van der Waals surface area contributed by atoms with Gasteiger partial charge in [0.25, 0.3) is 5.91 Å². The van der Waals surface area contributed by atoms with E-state index in [4.69, 9.17) is 11.5 Å². The van der Waals surface area contributed by atoms with E-state index in [1.165, 1.54) is 0 Å². The lowest BCUT2D eigenvalue weighted by atomic mass is 10.1. The van der Waals surface area contributed by atoms with E-state index in [1.54, 1.807) is 6.07 Å². The third-order valence-corrected chi connectivity index (χ3v) is 4.24. The molecule has 1 aromatic heterocycles. The minimum absolute atomic E-state index is 0.0193. The topological polar surface area (TPSA) is 120 Å². The highest BCUT2D eigenvalue weighted by Gasteiger charge is 2.27. The number of aryl methyl sites for hydroxylation is 1. The summed E-state index contributed by atoms with van der Waals surface area (Å²) in [5, 5.41) is 2.29. The maximum absolute atomic E-state index is 12.5. The van der Waals surface area contributed by atoms with Crippen LogP contribution in [-0.4, -0.2) is 28.3 Å². The second-order valence-corrected chi connectivity index (χ2v) is 5.95. The van der Waals surface area contributed by atoms with E-state index in [0.717, 1.165) is 17.0 Å². The fourth-order valence-electron chi connectivity index (χ4n) is 2.97. The van der Waals surface area contributed by atoms with Gasteiger partial charge in [-0.2, -0.15) is 0 Å². The Morgan fingerprint density at radius 2 is 1.60 bits per heavy atom. The van der Waals surface area contributed by atoms with Crippen LogP contribution in [0.3, 0.4) is 0 Å². The van der Waals surface area contributed by atoms with Gasteiger partial charge in [0.15, 0.2) is 6.04 Å². The third-order valence-electron chi connectivity index (χ3n) is 4.24. The molecule has 25 heavy (non-hydrogen) atoms. The molecule has 0 unspecified atom stereocenters. The quantitative estimate of drug-likeness (QED) is 0.673. The lowest BCUT2D eigenvalue weighted by molar-refractivity contribution is -0.128. The van der Waals surface area contributed by atoms with Gasteiger partial charge >= 0.3 is 0 Å². The number of hydrogen-bond acceptors (Lipinski definition) is 3. The number of aromatic nitrogens is 1. The second kappa shape index (κ2) is 7.21. The number of nitrogens with zero attached hydrogens (tertiary/aromatic N) is 1. The Labute approximate surface area is 146 Å². The van der Waals surface area contributed by atoms with Crippen LogP contribution in [0.2, 0.25) is 0 Å². The van der Waals surface area contributed by atoms with Crippen molar-refractivity contribution >= 4 is 17.7 Å². The predicted molar refractivity (Wildman–Crippen MR) is 93.8 cm³/mol. The maximum Gasteiger partial charge on any atom is 0.254 e. The van der Waals surface area contributed by atoms with Crippen LogP contribution in [0.4, 0.5) is 0 Å². The summed E-state index contributed by atoms with van der Waals surface area (Å²) in [5.41, 5.74) is 13.3. The van der Waals surface area contributed by atoms with Crippen molar-refractivity contribution in [3.05, 3.63) is 58.9 Å². The summed E-state index contributed by atoms with van der Waals surface area (Å²) in [5.74, 6) is -2.55. The largest absolute Gasteiger partial charge is 0.367 e. The summed E-state index contributed by atoms with van der Waals surface area (Å²) >= 11 is 0. The molecule has 3 amide bonds. The summed E-state index contributed by atoms with van der Waals surface area (Å²) in [4.78, 5) is 35.0. The summed E-state index contributed by atoms with van der Waals surface area (Å²) in [7, 11) is 0. The van der Waals surface area contributed by atoms with E-state index >= 15 is 0 Å². The van der Waals surface area contributed by atoms with Crippen LogP contribution >= 0.6 is 0 Å². The molecule has 132 valence electrons. The predicted octanol–water partition coefficient (Wildman–Crippen LogP) is 0.783. The van der Waals surface area contributed by atoms with E-state index in [-0.39, 0.29) is 6.04 Å². The molecule has 1 aromatic carbocycles. The zero-order valence-corrected chi connectivity index (χ0v) is 14.4. The van der Waals surface area contributed by atoms with Crippen LogP contribution in [0.5, 0.6) is 0 Å². The van der Waals surface area contributed by atoms with Crippen molar-refractivity contribution in [3.8, 4) is 0 Å². The number of rotatable bonds is 6. The Morgan fingerprint density at radius 1 is 1.04 bits per heavy atom. The number of nitrogens with one attached hydrogen (secondary N) is 1. The number of benzene rings is 1. The van der Waals surface area contributed by atoms with Crippen molar-refractivity contribution in [2.75, 3.05) is 0 Å². The van der Waals surface area contributed by atoms with Gasteiger partial charge in [-0.15, -0.1) is 0 Å². The summed E-state index contributed by atoms with van der Waals surface area (Å²) in [6.07, 6.45) is 0. The Kier molecular flexibility index (Phi) is 5.26. The Bertz CT molecular complexity index is 797. The molecule has 7 heteroatoms. The van der Waals surface area contributed by atoms with Gasteiger partial charge in [0.05, 0.1) is 11.6 Å². The molecule has 0 spiro atoms. The first-order valence-corrected chi connectivity index (χ1v) is 7.87. The third kappa shape index (κ3) is 3.71. The van der Waals surface area contributed by atoms with Gasteiger partial charge in [-0.25, -0.2) is 0 Å². The number of carbonyl (C=O) groups is 3. The minimum atomic E-state index is -1.54. The number of primary amides is 2. The molecule has 7 nitrogen and oxygen atoms in total. The number of amides is 3. The molecular weight excluding hydrogens is 320 g/mol. The monoisotopic (exact) mass is 342 g/mol. The summed E-state index contributed by atoms with van der Waals surface area (Å²) in [6, 6.07) is 10.1. The van der Waals surface area contributed by atoms with Gasteiger partial charge in [-0.1, -0.05) is 30.3 Å². The van der Waals surface area contributed by atoms with E-state index in [0.29, 0.717) is 5.56 Å². The van der Waals surface area contributed by atoms with Crippen LogP contribution in [-0.2, 0) is 9.59 Å². The van der Waals surface area contributed by atoms with E-state index in [2.05, 4.69) is 5.32 Å². The molecule has 0 saturated carbocycles. The molecule has 0 radical (unpaired) electrons. The first kappa shape index (κ1) is 18.3. The highest BCUT2D eigenvalue weighted by atomic mass is 16.2. The molecule has 5 N–H and O–H groups in total. The Balaban J connectivity index is 2.34. The van der Waals surface area contributed by atoms with E-state index in [9.17, 15) is 14.4 Å². The van der Waals surface area contributed by atoms with Crippen molar-refractivity contribution in [1.82, 2.24) is 9.88 Å². The minimum Gasteiger partial charge on any atom is -0.367 e. The van der Waals surface area contributed by atoms with E-state index in [1.807, 2.05) is 55.7 Å². The SMILES string of the molecule is Cc1cc(C(=O)NC(C(N)=O)C(N)=O)c(C)n1[C@H](C)c1ccccc1. The van der Waals surface area contributed by atoms with Crippen LogP contribution in [0.1, 0.15) is 40.3 Å². The molecule has 2 rings (SSSR count). The highest BCUT2D eigenvalue weighted by molar-refractivity contribution is 6.08. The van der Waals surface area contributed by atoms with Gasteiger partial charge in [-0.3, -0.25) is 14.4 Å². The van der Waals surface area contributed by atoms with Crippen LogP contribution in [0.25, 0.3) is 0 Å². The molecular formula is C18H22N4O3. The first-order valence-electron chi connectivity index (χ1n) is 7.87. The highest BCUT2D eigenvalue weighted by Crippen LogP contribution is 2.25. The summed E-state index contributed by atoms with van der Waals surface area (Å²) in [6.45, 7) is 5.74. The average molecular weight is 342 g/mol. The second-order valence-electron chi connectivity index (χ2n) is 5.95. The van der Waals surface area contributed by atoms with Crippen LogP contribution in [0, 0.1) is 13.8 Å². The Hall–Kier alpha value is -3.09. The van der Waals surface area contributed by atoms with Gasteiger partial charge in [0.1, 0.15) is 0 Å². The average Bonchev–Trinajstić information content (AvgIpc) is 2.86. The molecule has 1 atom stereocenters. The van der Waals surface area contributed by atoms with Crippen molar-refractivity contribution < 1.29 is 14.4 Å². The molecule has 2 aromatic rings. The molecule has 0 bridgehead atoms. The van der Waals surface area contributed by atoms with Gasteiger partial charge < -0.3 is 21.4 Å². The first-order chi connectivity index (χ1) is 11.7. The zero-order chi connectivity index (χ0) is 18.7. The summed E-state index contributed by atoms with van der Waals surface area (Å²) < 4.78 is 2.02. The Morgan fingerprint density at radius 3 is 2.12 bits per heavy atom. The van der Waals surface area contributed by atoms with Gasteiger partial charge in [0.2, 0.25) is 11.8 Å². The number of hydrogen-bond donors (Lipinski definition) is 3. The maximum atomic E-state index is 12.5. The van der Waals surface area contributed by atoms with E-state index < -0.39 is 23.8 Å². The fourth-order valence-corrected chi connectivity index (χ4v) is 2.97. The van der Waals surface area contributed by atoms with Gasteiger partial charge in [0, 0.05) is 11.4 Å². The smallest absolute Gasteiger partial charge is 0.254 e. The molecule has 1 heterocycles. The normalized spacial score (nSPS) is 12.0. The zero-order valence-electron chi connectivity index (χ0n) is 14.4.